The highest BCUT2D eigenvalue weighted by atomic mass is 32.2. The highest BCUT2D eigenvalue weighted by Gasteiger charge is 2.28. The van der Waals surface area contributed by atoms with Gasteiger partial charge in [0.1, 0.15) is 0 Å². The minimum Gasteiger partial charge on any atom is -0.341 e. The number of carbonyl (C=O) groups is 1. The number of hydrogen-bond donors (Lipinski definition) is 0. The maximum absolute atomic E-state index is 11.4. The normalized spacial score (nSPS) is 21.7. The molecule has 0 N–H and O–H groups in total. The summed E-state index contributed by atoms with van der Waals surface area (Å²) in [7, 11) is -2.86. The van der Waals surface area contributed by atoms with Crippen LogP contribution in [-0.4, -0.2) is 37.8 Å². The molecule has 0 bridgehead atoms. The number of carbonyl (C=O) groups excluding carboxylic acids is 1. The van der Waals surface area contributed by atoms with Gasteiger partial charge < -0.3 is 4.90 Å². The fraction of sp³-hybridized carbons (Fsp3) is 0.462. The fourth-order valence-electron chi connectivity index (χ4n) is 2.31. The third kappa shape index (κ3) is 3.57. The summed E-state index contributed by atoms with van der Waals surface area (Å²) in [6.07, 6.45) is 1.47. The summed E-state index contributed by atoms with van der Waals surface area (Å²) in [5.41, 5.74) is 1.06. The molecule has 1 aromatic rings. The summed E-state index contributed by atoms with van der Waals surface area (Å²) in [5, 5.41) is 0. The summed E-state index contributed by atoms with van der Waals surface area (Å²) in [6.45, 7) is 1.07. The lowest BCUT2D eigenvalue weighted by molar-refractivity contribution is -0.119. The molecule has 0 saturated carbocycles. The van der Waals surface area contributed by atoms with E-state index >= 15 is 0 Å². The van der Waals surface area contributed by atoms with Crippen LogP contribution in [-0.2, 0) is 21.2 Å². The smallest absolute Gasteiger partial charge is 0.210 e. The number of amides is 1. The first-order valence-electron chi connectivity index (χ1n) is 6.03. The summed E-state index contributed by atoms with van der Waals surface area (Å²) in [6, 6.07) is 9.71. The van der Waals surface area contributed by atoms with Gasteiger partial charge in [-0.1, -0.05) is 30.3 Å². The Morgan fingerprint density at radius 1 is 1.28 bits per heavy atom. The molecular weight excluding hydrogens is 250 g/mol. The number of rotatable bonds is 5. The highest BCUT2D eigenvalue weighted by molar-refractivity contribution is 7.91. The zero-order valence-corrected chi connectivity index (χ0v) is 11.0. The third-order valence-electron chi connectivity index (χ3n) is 3.20. The first-order valence-corrected chi connectivity index (χ1v) is 7.85. The molecule has 0 aliphatic carbocycles. The van der Waals surface area contributed by atoms with Crippen molar-refractivity contribution >= 4 is 16.2 Å². The molecule has 1 amide bonds. The second-order valence-corrected chi connectivity index (χ2v) is 7.02. The molecule has 5 heteroatoms. The predicted molar refractivity (Wildman–Crippen MR) is 69.7 cm³/mol. The zero-order valence-electron chi connectivity index (χ0n) is 10.2. The molecule has 1 aliphatic heterocycles. The van der Waals surface area contributed by atoms with E-state index in [9.17, 15) is 13.2 Å². The van der Waals surface area contributed by atoms with Crippen LogP contribution in [0.25, 0.3) is 0 Å². The van der Waals surface area contributed by atoms with Gasteiger partial charge in [0.05, 0.1) is 11.5 Å². The first kappa shape index (κ1) is 13.1. The average Bonchev–Trinajstić information content (AvgIpc) is 2.69. The van der Waals surface area contributed by atoms with Crippen LogP contribution in [0.4, 0.5) is 0 Å². The van der Waals surface area contributed by atoms with E-state index in [-0.39, 0.29) is 17.4 Å². The molecule has 18 heavy (non-hydrogen) atoms. The monoisotopic (exact) mass is 267 g/mol. The van der Waals surface area contributed by atoms with Crippen molar-refractivity contribution in [2.45, 2.75) is 13.0 Å². The Kier molecular flexibility index (Phi) is 4.01. The van der Waals surface area contributed by atoms with Gasteiger partial charge in [-0.15, -0.1) is 0 Å². The van der Waals surface area contributed by atoms with Gasteiger partial charge in [0.25, 0.3) is 0 Å². The van der Waals surface area contributed by atoms with Crippen LogP contribution in [0.1, 0.15) is 12.0 Å². The van der Waals surface area contributed by atoms with Gasteiger partial charge in [-0.3, -0.25) is 4.79 Å². The van der Waals surface area contributed by atoms with Crippen molar-refractivity contribution in [2.75, 3.05) is 18.1 Å². The molecule has 0 spiro atoms. The van der Waals surface area contributed by atoms with Crippen molar-refractivity contribution in [3.05, 3.63) is 35.9 Å². The Bertz CT molecular complexity index is 498. The van der Waals surface area contributed by atoms with Crippen molar-refractivity contribution in [1.82, 2.24) is 4.90 Å². The maximum atomic E-state index is 11.4. The molecule has 0 aromatic heterocycles. The summed E-state index contributed by atoms with van der Waals surface area (Å²) in [5.74, 6) is 0.561. The van der Waals surface area contributed by atoms with Gasteiger partial charge in [-0.2, -0.15) is 0 Å². The van der Waals surface area contributed by atoms with Crippen LogP contribution in [0.2, 0.25) is 0 Å². The van der Waals surface area contributed by atoms with Gasteiger partial charge in [0.15, 0.2) is 9.84 Å². The molecular formula is C13H17NO3S. The lowest BCUT2D eigenvalue weighted by atomic mass is 10.1. The molecule has 98 valence electrons. The second kappa shape index (κ2) is 5.52. The summed E-state index contributed by atoms with van der Waals surface area (Å²) < 4.78 is 22.7. The van der Waals surface area contributed by atoms with Crippen molar-refractivity contribution in [2.24, 2.45) is 5.92 Å². The minimum absolute atomic E-state index is 0.0870. The number of nitrogens with zero attached hydrogens (tertiary/aromatic N) is 1. The summed E-state index contributed by atoms with van der Waals surface area (Å²) >= 11 is 0. The molecule has 0 unspecified atom stereocenters. The van der Waals surface area contributed by atoms with Crippen molar-refractivity contribution in [3.63, 3.8) is 0 Å². The predicted octanol–water partition coefficient (Wildman–Crippen LogP) is 1.08. The van der Waals surface area contributed by atoms with Crippen LogP contribution in [0.3, 0.4) is 0 Å². The molecule has 1 heterocycles. The van der Waals surface area contributed by atoms with Crippen LogP contribution in [0.5, 0.6) is 0 Å². The van der Waals surface area contributed by atoms with Crippen molar-refractivity contribution in [1.29, 1.82) is 0 Å². The van der Waals surface area contributed by atoms with E-state index in [1.807, 2.05) is 30.3 Å². The molecule has 0 radical (unpaired) electrons. The van der Waals surface area contributed by atoms with Crippen molar-refractivity contribution in [3.8, 4) is 0 Å². The average molecular weight is 267 g/mol. The van der Waals surface area contributed by atoms with E-state index in [1.54, 1.807) is 4.90 Å². The quantitative estimate of drug-likeness (QED) is 0.750. The molecule has 2 rings (SSSR count). The highest BCUT2D eigenvalue weighted by Crippen LogP contribution is 2.19. The Hall–Kier alpha value is -1.36. The Labute approximate surface area is 108 Å². The largest absolute Gasteiger partial charge is 0.341 e. The van der Waals surface area contributed by atoms with E-state index in [0.717, 1.165) is 12.0 Å². The SMILES string of the molecule is O=CN(Cc1ccccc1)C[C@H]1CCS(=O)(=O)C1. The van der Waals surface area contributed by atoms with E-state index < -0.39 is 9.84 Å². The fourth-order valence-corrected chi connectivity index (χ4v) is 4.16. The number of hydrogen-bond acceptors (Lipinski definition) is 3. The number of benzene rings is 1. The maximum Gasteiger partial charge on any atom is 0.210 e. The van der Waals surface area contributed by atoms with Gasteiger partial charge in [-0.05, 0) is 17.9 Å². The topological polar surface area (TPSA) is 54.5 Å². The Balaban J connectivity index is 1.92. The van der Waals surface area contributed by atoms with Crippen LogP contribution < -0.4 is 0 Å². The van der Waals surface area contributed by atoms with Crippen LogP contribution in [0, 0.1) is 5.92 Å². The van der Waals surface area contributed by atoms with Crippen LogP contribution in [0.15, 0.2) is 30.3 Å². The number of sulfone groups is 1. The summed E-state index contributed by atoms with van der Waals surface area (Å²) in [4.78, 5) is 12.7. The lowest BCUT2D eigenvalue weighted by Crippen LogP contribution is -2.28. The molecule has 1 aliphatic rings. The second-order valence-electron chi connectivity index (χ2n) is 4.79. The Morgan fingerprint density at radius 3 is 2.56 bits per heavy atom. The zero-order chi connectivity index (χ0) is 13.0. The van der Waals surface area contributed by atoms with Gasteiger partial charge in [0, 0.05) is 13.1 Å². The van der Waals surface area contributed by atoms with E-state index in [0.29, 0.717) is 19.5 Å². The van der Waals surface area contributed by atoms with Crippen molar-refractivity contribution < 1.29 is 13.2 Å². The van der Waals surface area contributed by atoms with Gasteiger partial charge in [-0.25, -0.2) is 8.42 Å². The molecule has 1 atom stereocenters. The van der Waals surface area contributed by atoms with E-state index in [2.05, 4.69) is 0 Å². The molecule has 1 fully saturated rings. The van der Waals surface area contributed by atoms with E-state index in [4.69, 9.17) is 0 Å². The van der Waals surface area contributed by atoms with Crippen LogP contribution >= 0.6 is 0 Å². The van der Waals surface area contributed by atoms with Gasteiger partial charge >= 0.3 is 0 Å². The standard InChI is InChI=1S/C13H17NO3S/c15-11-14(8-12-4-2-1-3-5-12)9-13-6-7-18(16,17)10-13/h1-5,11,13H,6-10H2/t13-/m1/s1. The third-order valence-corrected chi connectivity index (χ3v) is 5.03. The Morgan fingerprint density at radius 2 is 2.00 bits per heavy atom. The van der Waals surface area contributed by atoms with E-state index in [1.165, 1.54) is 0 Å². The molecule has 4 nitrogen and oxygen atoms in total. The molecule has 1 aromatic carbocycles. The minimum atomic E-state index is -2.86. The lowest BCUT2D eigenvalue weighted by Gasteiger charge is -2.20. The molecule has 1 saturated heterocycles. The van der Waals surface area contributed by atoms with Gasteiger partial charge in [0.2, 0.25) is 6.41 Å². The first-order chi connectivity index (χ1) is 8.59.